The lowest BCUT2D eigenvalue weighted by Crippen LogP contribution is -2.58. The summed E-state index contributed by atoms with van der Waals surface area (Å²) >= 11 is 12.0. The molecular formula is C26H30Cl2N4O3. The molecule has 9 heteroatoms. The van der Waals surface area contributed by atoms with E-state index in [4.69, 9.17) is 23.2 Å². The summed E-state index contributed by atoms with van der Waals surface area (Å²) in [6.45, 7) is 4.21. The van der Waals surface area contributed by atoms with Crippen molar-refractivity contribution in [3.63, 3.8) is 0 Å². The maximum Gasteiger partial charge on any atom is 0.347 e. The standard InChI is InChI=1S/C26H30Cl2N4O3/c1-26(2)23(32(35)24(33)29-21-12-8-19(27)9-13-21)31(22-14-10-20(28)11-15-22)25(34)30(26)17-16-18-6-4-3-5-7-18/h6,8-15,23,35H,3-5,7,16-17H2,1-2H3,(H,29,33)/t23-/m1/s1. The van der Waals surface area contributed by atoms with Gasteiger partial charge in [-0.05, 0) is 94.5 Å². The largest absolute Gasteiger partial charge is 0.347 e. The molecule has 0 aromatic heterocycles. The number of amides is 4. The van der Waals surface area contributed by atoms with E-state index in [9.17, 15) is 14.8 Å². The summed E-state index contributed by atoms with van der Waals surface area (Å²) in [5.41, 5.74) is 1.47. The van der Waals surface area contributed by atoms with Crippen LogP contribution >= 0.6 is 23.2 Å². The summed E-state index contributed by atoms with van der Waals surface area (Å²) < 4.78 is 0. The second-order valence-corrected chi connectivity index (χ2v) is 10.3. The van der Waals surface area contributed by atoms with Crippen LogP contribution in [0.25, 0.3) is 0 Å². The molecule has 2 N–H and O–H groups in total. The van der Waals surface area contributed by atoms with E-state index in [0.717, 1.165) is 25.7 Å². The lowest BCUT2D eigenvalue weighted by atomic mass is 9.95. The lowest BCUT2D eigenvalue weighted by molar-refractivity contribution is -0.0947. The molecule has 4 rings (SSSR count). The fraction of sp³-hybridized carbons (Fsp3) is 0.385. The van der Waals surface area contributed by atoms with Crippen molar-refractivity contribution in [2.75, 3.05) is 16.8 Å². The maximum atomic E-state index is 13.7. The Morgan fingerprint density at radius 3 is 2.31 bits per heavy atom. The Bertz CT molecular complexity index is 1100. The first-order chi connectivity index (χ1) is 16.7. The van der Waals surface area contributed by atoms with Gasteiger partial charge in [-0.25, -0.2) is 9.59 Å². The molecule has 1 heterocycles. The first-order valence-electron chi connectivity index (χ1n) is 11.8. The number of halogens is 2. The van der Waals surface area contributed by atoms with Crippen molar-refractivity contribution in [2.24, 2.45) is 0 Å². The molecule has 186 valence electrons. The molecule has 2 aromatic carbocycles. The predicted molar refractivity (Wildman–Crippen MR) is 139 cm³/mol. The molecule has 1 aliphatic carbocycles. The third kappa shape index (κ3) is 5.42. The van der Waals surface area contributed by atoms with E-state index in [0.29, 0.717) is 33.0 Å². The normalized spacial score (nSPS) is 19.5. The van der Waals surface area contributed by atoms with E-state index in [-0.39, 0.29) is 6.03 Å². The molecule has 1 saturated heterocycles. The number of carbonyl (C=O) groups is 2. The van der Waals surface area contributed by atoms with E-state index >= 15 is 0 Å². The fourth-order valence-electron chi connectivity index (χ4n) is 4.79. The quantitative estimate of drug-likeness (QED) is 0.243. The highest BCUT2D eigenvalue weighted by molar-refractivity contribution is 6.31. The van der Waals surface area contributed by atoms with Crippen LogP contribution in [0.3, 0.4) is 0 Å². The number of hydrogen-bond acceptors (Lipinski definition) is 3. The van der Waals surface area contributed by atoms with Gasteiger partial charge in [0.05, 0.1) is 5.54 Å². The number of allylic oxidation sites excluding steroid dienone is 1. The van der Waals surface area contributed by atoms with Crippen molar-refractivity contribution in [3.05, 3.63) is 70.2 Å². The van der Waals surface area contributed by atoms with Crippen LogP contribution in [-0.4, -0.2) is 45.5 Å². The second-order valence-electron chi connectivity index (χ2n) is 9.45. The van der Waals surface area contributed by atoms with Gasteiger partial charge in [-0.1, -0.05) is 34.9 Å². The van der Waals surface area contributed by atoms with Gasteiger partial charge in [0.1, 0.15) is 0 Å². The summed E-state index contributed by atoms with van der Waals surface area (Å²) in [5.74, 6) is 0. The molecule has 1 fully saturated rings. The highest BCUT2D eigenvalue weighted by Crippen LogP contribution is 2.39. The smallest absolute Gasteiger partial charge is 0.315 e. The topological polar surface area (TPSA) is 76.1 Å². The van der Waals surface area contributed by atoms with Crippen molar-refractivity contribution < 1.29 is 14.8 Å². The minimum atomic E-state index is -0.983. The van der Waals surface area contributed by atoms with Gasteiger partial charge < -0.3 is 10.2 Å². The van der Waals surface area contributed by atoms with E-state index < -0.39 is 17.7 Å². The first-order valence-corrected chi connectivity index (χ1v) is 12.5. The molecule has 0 unspecified atom stereocenters. The van der Waals surface area contributed by atoms with E-state index in [1.807, 2.05) is 13.8 Å². The SMILES string of the molecule is CC1(C)[C@@H](N(O)C(=O)Nc2ccc(Cl)cc2)N(c2ccc(Cl)cc2)C(=O)N1CCC1=CCCCC1. The van der Waals surface area contributed by atoms with Gasteiger partial charge in [-0.15, -0.1) is 0 Å². The molecule has 35 heavy (non-hydrogen) atoms. The summed E-state index contributed by atoms with van der Waals surface area (Å²) in [6, 6.07) is 12.3. The number of urea groups is 2. The molecule has 0 spiro atoms. The van der Waals surface area contributed by atoms with Crippen molar-refractivity contribution in [3.8, 4) is 0 Å². The van der Waals surface area contributed by atoms with Crippen LogP contribution in [0.15, 0.2) is 60.2 Å². The van der Waals surface area contributed by atoms with Crippen LogP contribution in [0.2, 0.25) is 10.0 Å². The van der Waals surface area contributed by atoms with Gasteiger partial charge in [0, 0.05) is 28.0 Å². The van der Waals surface area contributed by atoms with Crippen LogP contribution < -0.4 is 10.2 Å². The molecule has 0 bridgehead atoms. The number of anilines is 2. The average molecular weight is 517 g/mol. The van der Waals surface area contributed by atoms with Crippen molar-refractivity contribution in [1.82, 2.24) is 9.96 Å². The minimum Gasteiger partial charge on any atom is -0.315 e. The van der Waals surface area contributed by atoms with Gasteiger partial charge in [0.2, 0.25) is 0 Å². The molecule has 7 nitrogen and oxygen atoms in total. The fourth-order valence-corrected chi connectivity index (χ4v) is 5.05. The van der Waals surface area contributed by atoms with Crippen molar-refractivity contribution in [1.29, 1.82) is 0 Å². The Kier molecular flexibility index (Phi) is 7.59. The second kappa shape index (κ2) is 10.5. The van der Waals surface area contributed by atoms with Crippen LogP contribution in [0.4, 0.5) is 21.0 Å². The zero-order valence-corrected chi connectivity index (χ0v) is 21.4. The van der Waals surface area contributed by atoms with Crippen molar-refractivity contribution >= 4 is 46.6 Å². The first kappa shape index (κ1) is 25.4. The number of nitrogens with zero attached hydrogens (tertiary/aromatic N) is 3. The number of nitrogens with one attached hydrogen (secondary N) is 1. The number of hydroxylamine groups is 2. The van der Waals surface area contributed by atoms with Crippen LogP contribution in [0.1, 0.15) is 46.0 Å². The van der Waals surface area contributed by atoms with Crippen LogP contribution in [0, 0.1) is 0 Å². The third-order valence-corrected chi connectivity index (χ3v) is 7.19. The molecular weight excluding hydrogens is 487 g/mol. The molecule has 4 amide bonds. The Morgan fingerprint density at radius 2 is 1.71 bits per heavy atom. The Labute approximate surface area is 215 Å². The van der Waals surface area contributed by atoms with Gasteiger partial charge in [0.25, 0.3) is 0 Å². The predicted octanol–water partition coefficient (Wildman–Crippen LogP) is 7.15. The highest BCUT2D eigenvalue weighted by atomic mass is 35.5. The highest BCUT2D eigenvalue weighted by Gasteiger charge is 2.55. The molecule has 2 aromatic rings. The summed E-state index contributed by atoms with van der Waals surface area (Å²) in [4.78, 5) is 30.0. The van der Waals surface area contributed by atoms with Gasteiger partial charge in [-0.3, -0.25) is 10.1 Å². The van der Waals surface area contributed by atoms with E-state index in [2.05, 4.69) is 11.4 Å². The number of rotatable bonds is 6. The summed E-state index contributed by atoms with van der Waals surface area (Å²) in [7, 11) is 0. The zero-order chi connectivity index (χ0) is 25.2. The molecule has 1 aliphatic heterocycles. The summed E-state index contributed by atoms with van der Waals surface area (Å²) in [5, 5.41) is 15.5. The third-order valence-electron chi connectivity index (χ3n) is 6.69. The van der Waals surface area contributed by atoms with Gasteiger partial charge in [0.15, 0.2) is 6.17 Å². The number of benzene rings is 2. The zero-order valence-electron chi connectivity index (χ0n) is 19.9. The molecule has 0 saturated carbocycles. The number of hydrogen-bond donors (Lipinski definition) is 2. The lowest BCUT2D eigenvalue weighted by Gasteiger charge is -2.38. The van der Waals surface area contributed by atoms with Crippen LogP contribution in [0.5, 0.6) is 0 Å². The summed E-state index contributed by atoms with van der Waals surface area (Å²) in [6.07, 6.45) is 6.53. The Morgan fingerprint density at radius 1 is 1.09 bits per heavy atom. The molecule has 1 atom stereocenters. The molecule has 0 radical (unpaired) electrons. The van der Waals surface area contributed by atoms with E-state index in [1.54, 1.807) is 53.4 Å². The average Bonchev–Trinajstić information content (AvgIpc) is 3.04. The Hall–Kier alpha value is -2.74. The maximum absolute atomic E-state index is 13.7. The monoisotopic (exact) mass is 516 g/mol. The number of carbonyl (C=O) groups excluding carboxylic acids is 2. The minimum absolute atomic E-state index is 0.280. The molecule has 2 aliphatic rings. The Balaban J connectivity index is 1.62. The van der Waals surface area contributed by atoms with Crippen molar-refractivity contribution in [2.45, 2.75) is 57.7 Å². The van der Waals surface area contributed by atoms with E-state index in [1.165, 1.54) is 16.9 Å². The van der Waals surface area contributed by atoms with Gasteiger partial charge in [-0.2, -0.15) is 5.06 Å². The van der Waals surface area contributed by atoms with Gasteiger partial charge >= 0.3 is 12.1 Å². The van der Waals surface area contributed by atoms with Crippen LogP contribution in [-0.2, 0) is 0 Å².